The molecule has 0 aromatic heterocycles. The number of likely N-dealkylation sites (N-methyl/N-ethyl adjacent to an activating group) is 1. The van der Waals surface area contributed by atoms with Crippen LogP contribution in [0.5, 0.6) is 0 Å². The molecule has 4 rings (SSSR count). The number of nitrogens with zero attached hydrogens (tertiary/aromatic N) is 3. The summed E-state index contributed by atoms with van der Waals surface area (Å²) in [4.78, 5) is 7.41. The molecule has 0 spiro atoms. The predicted octanol–water partition coefficient (Wildman–Crippen LogP) is 3.47. The summed E-state index contributed by atoms with van der Waals surface area (Å²) in [6, 6.07) is 13.9. The molecule has 0 bridgehead atoms. The summed E-state index contributed by atoms with van der Waals surface area (Å²) in [7, 11) is 1.81. The van der Waals surface area contributed by atoms with E-state index in [9.17, 15) is 8.42 Å². The van der Waals surface area contributed by atoms with Crippen LogP contribution >= 0.6 is 11.8 Å². The van der Waals surface area contributed by atoms with E-state index >= 15 is 0 Å². The van der Waals surface area contributed by atoms with Gasteiger partial charge >= 0.3 is 0 Å². The Bertz CT molecular complexity index is 1060. The first-order chi connectivity index (χ1) is 14.4. The number of benzene rings is 2. The zero-order chi connectivity index (χ0) is 21.3. The maximum absolute atomic E-state index is 13.1. The highest BCUT2D eigenvalue weighted by Gasteiger charge is 2.29. The Morgan fingerprint density at radius 2 is 1.70 bits per heavy atom. The summed E-state index contributed by atoms with van der Waals surface area (Å²) >= 11 is 1.65. The molecule has 2 aromatic rings. The maximum Gasteiger partial charge on any atom is 0.243 e. The second-order valence-electron chi connectivity index (χ2n) is 8.07. The van der Waals surface area contributed by atoms with E-state index in [1.54, 1.807) is 31.9 Å². The fourth-order valence-corrected chi connectivity index (χ4v) is 6.31. The van der Waals surface area contributed by atoms with E-state index in [2.05, 4.69) is 35.1 Å². The SMILES string of the molecule is CN1CCN(CCC=C2c3ccccc3Sc3cccc(S(=O)(=O)N(C)C)c32)CC1. The van der Waals surface area contributed by atoms with Gasteiger partial charge in [-0.05, 0) is 42.8 Å². The van der Waals surface area contributed by atoms with Gasteiger partial charge in [0.05, 0.1) is 4.90 Å². The predicted molar refractivity (Wildman–Crippen MR) is 124 cm³/mol. The molecule has 0 N–H and O–H groups in total. The summed E-state index contributed by atoms with van der Waals surface area (Å²) in [5, 5.41) is 0. The van der Waals surface area contributed by atoms with E-state index in [1.807, 2.05) is 24.3 Å². The lowest BCUT2D eigenvalue weighted by Gasteiger charge is -2.32. The van der Waals surface area contributed by atoms with Gasteiger partial charge in [-0.1, -0.05) is 42.1 Å². The zero-order valence-corrected chi connectivity index (χ0v) is 19.5. The van der Waals surface area contributed by atoms with Gasteiger partial charge in [-0.25, -0.2) is 12.7 Å². The number of sulfonamides is 1. The molecule has 0 unspecified atom stereocenters. The number of rotatable bonds is 5. The van der Waals surface area contributed by atoms with Crippen LogP contribution in [0.1, 0.15) is 17.5 Å². The van der Waals surface area contributed by atoms with E-state index in [0.29, 0.717) is 4.90 Å². The Balaban J connectivity index is 1.73. The molecular weight excluding hydrogens is 414 g/mol. The van der Waals surface area contributed by atoms with Gasteiger partial charge in [0.15, 0.2) is 0 Å². The van der Waals surface area contributed by atoms with Crippen LogP contribution < -0.4 is 0 Å². The topological polar surface area (TPSA) is 43.9 Å². The third-order valence-corrected chi connectivity index (χ3v) is 8.80. The normalized spacial score (nSPS) is 19.1. The monoisotopic (exact) mass is 443 g/mol. The zero-order valence-electron chi connectivity index (χ0n) is 17.8. The van der Waals surface area contributed by atoms with Crippen molar-refractivity contribution in [3.8, 4) is 0 Å². The Hall–Kier alpha value is -1.64. The second kappa shape index (κ2) is 8.85. The lowest BCUT2D eigenvalue weighted by Crippen LogP contribution is -2.44. The van der Waals surface area contributed by atoms with Gasteiger partial charge in [0.25, 0.3) is 0 Å². The Labute approximate surface area is 184 Å². The summed E-state index contributed by atoms with van der Waals surface area (Å²) in [6.07, 6.45) is 3.14. The van der Waals surface area contributed by atoms with Gasteiger partial charge < -0.3 is 9.80 Å². The second-order valence-corrected chi connectivity index (χ2v) is 11.3. The van der Waals surface area contributed by atoms with E-state index in [-0.39, 0.29) is 0 Å². The lowest BCUT2D eigenvalue weighted by atomic mass is 9.96. The first-order valence-corrected chi connectivity index (χ1v) is 12.6. The molecular formula is C23H29N3O2S2. The molecule has 2 aliphatic rings. The summed E-state index contributed by atoms with van der Waals surface area (Å²) in [6.45, 7) is 5.37. The molecule has 160 valence electrons. The molecule has 0 atom stereocenters. The average molecular weight is 444 g/mol. The van der Waals surface area contributed by atoms with Gasteiger partial charge in [-0.15, -0.1) is 0 Å². The number of hydrogen-bond acceptors (Lipinski definition) is 5. The lowest BCUT2D eigenvalue weighted by molar-refractivity contribution is 0.156. The quantitative estimate of drug-likeness (QED) is 0.604. The standard InChI is InChI=1S/C23H29N3O2S2/c1-24(2)30(27,28)22-12-6-11-21-23(22)19(18-8-4-5-10-20(18)29-21)9-7-13-26-16-14-25(3)15-17-26/h4-6,8-12H,7,13-17H2,1-3H3. The van der Waals surface area contributed by atoms with Gasteiger partial charge in [-0.2, -0.15) is 0 Å². The van der Waals surface area contributed by atoms with Crippen molar-refractivity contribution >= 4 is 27.4 Å². The fraction of sp³-hybridized carbons (Fsp3) is 0.391. The molecule has 0 aliphatic carbocycles. The highest BCUT2D eigenvalue weighted by atomic mass is 32.2. The number of piperazine rings is 1. The smallest absolute Gasteiger partial charge is 0.243 e. The maximum atomic E-state index is 13.1. The molecule has 1 fully saturated rings. The van der Waals surface area contributed by atoms with Crippen molar-refractivity contribution in [3.05, 3.63) is 59.7 Å². The number of fused-ring (bicyclic) bond motifs is 2. The van der Waals surface area contributed by atoms with Crippen LogP contribution in [0.4, 0.5) is 0 Å². The fourth-order valence-electron chi connectivity index (χ4n) is 3.98. The first kappa shape index (κ1) is 21.6. The van der Waals surface area contributed by atoms with E-state index in [0.717, 1.165) is 60.7 Å². The molecule has 2 aliphatic heterocycles. The van der Waals surface area contributed by atoms with Crippen LogP contribution in [-0.2, 0) is 10.0 Å². The Kier molecular flexibility index (Phi) is 6.36. The largest absolute Gasteiger partial charge is 0.304 e. The van der Waals surface area contributed by atoms with Crippen LogP contribution in [-0.4, -0.2) is 76.4 Å². The van der Waals surface area contributed by atoms with Crippen molar-refractivity contribution in [2.24, 2.45) is 0 Å². The average Bonchev–Trinajstić information content (AvgIpc) is 2.74. The minimum absolute atomic E-state index is 0.387. The minimum atomic E-state index is -3.54. The van der Waals surface area contributed by atoms with Crippen molar-refractivity contribution in [2.45, 2.75) is 21.1 Å². The van der Waals surface area contributed by atoms with E-state index in [1.165, 1.54) is 9.20 Å². The van der Waals surface area contributed by atoms with Gasteiger partial charge in [0, 0.05) is 62.2 Å². The van der Waals surface area contributed by atoms with Crippen molar-refractivity contribution in [2.75, 3.05) is 53.9 Å². The molecule has 2 aromatic carbocycles. The van der Waals surface area contributed by atoms with Crippen molar-refractivity contribution in [1.82, 2.24) is 14.1 Å². The summed E-state index contributed by atoms with van der Waals surface area (Å²) in [5.41, 5.74) is 3.00. The third kappa shape index (κ3) is 4.22. The highest BCUT2D eigenvalue weighted by Crippen LogP contribution is 2.47. The summed E-state index contributed by atoms with van der Waals surface area (Å²) in [5.74, 6) is 0. The van der Waals surface area contributed by atoms with E-state index < -0.39 is 10.0 Å². The van der Waals surface area contributed by atoms with Crippen molar-refractivity contribution < 1.29 is 8.42 Å². The number of hydrogen-bond donors (Lipinski definition) is 0. The van der Waals surface area contributed by atoms with Crippen LogP contribution in [0, 0.1) is 0 Å². The molecule has 0 radical (unpaired) electrons. The van der Waals surface area contributed by atoms with Crippen molar-refractivity contribution in [1.29, 1.82) is 0 Å². The van der Waals surface area contributed by atoms with Crippen LogP contribution in [0.2, 0.25) is 0 Å². The first-order valence-electron chi connectivity index (χ1n) is 10.3. The molecule has 0 amide bonds. The summed E-state index contributed by atoms with van der Waals surface area (Å²) < 4.78 is 27.5. The van der Waals surface area contributed by atoms with Crippen LogP contribution in [0.3, 0.4) is 0 Å². The van der Waals surface area contributed by atoms with Gasteiger partial charge in [0.1, 0.15) is 0 Å². The molecule has 0 saturated carbocycles. The van der Waals surface area contributed by atoms with Crippen molar-refractivity contribution in [3.63, 3.8) is 0 Å². The van der Waals surface area contributed by atoms with E-state index in [4.69, 9.17) is 0 Å². The van der Waals surface area contributed by atoms with Gasteiger partial charge in [-0.3, -0.25) is 0 Å². The minimum Gasteiger partial charge on any atom is -0.304 e. The van der Waals surface area contributed by atoms with Crippen LogP contribution in [0.15, 0.2) is 63.2 Å². The highest BCUT2D eigenvalue weighted by molar-refractivity contribution is 7.99. The van der Waals surface area contributed by atoms with Crippen LogP contribution in [0.25, 0.3) is 5.57 Å². The molecule has 30 heavy (non-hydrogen) atoms. The Morgan fingerprint density at radius 1 is 1.00 bits per heavy atom. The molecule has 2 heterocycles. The van der Waals surface area contributed by atoms with Gasteiger partial charge in [0.2, 0.25) is 10.0 Å². The molecule has 5 nitrogen and oxygen atoms in total. The molecule has 7 heteroatoms. The Morgan fingerprint density at radius 3 is 2.43 bits per heavy atom. The third-order valence-electron chi connectivity index (χ3n) is 5.80. The molecule has 1 saturated heterocycles.